The number of hydrogen-bond donors (Lipinski definition) is 3. The molecular weight excluding hydrogens is 510 g/mol. The van der Waals surface area contributed by atoms with Crippen LogP contribution in [-0.4, -0.2) is 14.4 Å². The molecule has 6 nitrogen and oxygen atoms in total. The molecule has 26 heavy (non-hydrogen) atoms. The van der Waals surface area contributed by atoms with Crippen molar-refractivity contribution in [1.29, 1.82) is 0 Å². The maximum atomic E-state index is 11.2. The predicted octanol–water partition coefficient (Wildman–Crippen LogP) is 3.42. The Morgan fingerprint density at radius 3 is 2.35 bits per heavy atom. The standard InChI is InChI=1S/C16H18Cl2N4O2S.HI/c1-10(14-7-4-12(17)8-15(14)18)22-16(19)21-9-11-2-5-13(6-3-11)25(20,23)24;/h2-8,10H,9H2,1H3,(H3,19,21,22)(H2,20,23,24);1H. The molecule has 0 saturated heterocycles. The molecule has 1 unspecified atom stereocenters. The van der Waals surface area contributed by atoms with E-state index in [0.29, 0.717) is 16.6 Å². The highest BCUT2D eigenvalue weighted by atomic mass is 127. The van der Waals surface area contributed by atoms with Crippen molar-refractivity contribution in [3.8, 4) is 0 Å². The fourth-order valence-electron chi connectivity index (χ4n) is 2.16. The second-order valence-electron chi connectivity index (χ2n) is 5.42. The lowest BCUT2D eigenvalue weighted by Gasteiger charge is -2.16. The molecule has 0 radical (unpaired) electrons. The van der Waals surface area contributed by atoms with Crippen molar-refractivity contribution in [1.82, 2.24) is 5.32 Å². The number of primary sulfonamides is 1. The van der Waals surface area contributed by atoms with Crippen LogP contribution in [0.3, 0.4) is 0 Å². The third-order valence-corrected chi connectivity index (χ3v) is 4.97. The van der Waals surface area contributed by atoms with Crippen LogP contribution >= 0.6 is 47.2 Å². The van der Waals surface area contributed by atoms with Crippen LogP contribution in [0.2, 0.25) is 10.0 Å². The zero-order valence-electron chi connectivity index (χ0n) is 13.8. The third-order valence-electron chi connectivity index (χ3n) is 3.48. The Morgan fingerprint density at radius 1 is 1.19 bits per heavy atom. The van der Waals surface area contributed by atoms with E-state index < -0.39 is 10.0 Å². The van der Waals surface area contributed by atoms with Gasteiger partial charge in [-0.3, -0.25) is 0 Å². The van der Waals surface area contributed by atoms with Gasteiger partial charge in [-0.25, -0.2) is 18.5 Å². The Morgan fingerprint density at radius 2 is 1.81 bits per heavy atom. The lowest BCUT2D eigenvalue weighted by atomic mass is 10.1. The van der Waals surface area contributed by atoms with Crippen LogP contribution in [0.4, 0.5) is 0 Å². The van der Waals surface area contributed by atoms with E-state index in [4.69, 9.17) is 34.1 Å². The highest BCUT2D eigenvalue weighted by Crippen LogP contribution is 2.25. The molecule has 0 heterocycles. The first-order valence-corrected chi connectivity index (χ1v) is 9.60. The number of sulfonamides is 1. The number of halogens is 3. The second kappa shape index (κ2) is 9.75. The fraction of sp³-hybridized carbons (Fsp3) is 0.188. The minimum atomic E-state index is -3.70. The van der Waals surface area contributed by atoms with Crippen LogP contribution < -0.4 is 16.2 Å². The summed E-state index contributed by atoms with van der Waals surface area (Å²) in [6, 6.07) is 11.2. The third kappa shape index (κ3) is 6.58. The van der Waals surface area contributed by atoms with Crippen LogP contribution in [0.25, 0.3) is 0 Å². The van der Waals surface area contributed by atoms with Gasteiger partial charge in [0.2, 0.25) is 10.0 Å². The van der Waals surface area contributed by atoms with Crippen molar-refractivity contribution < 1.29 is 8.42 Å². The number of hydrogen-bond acceptors (Lipinski definition) is 3. The van der Waals surface area contributed by atoms with Crippen molar-refractivity contribution >= 4 is 63.2 Å². The molecule has 0 aromatic heterocycles. The number of aliphatic imine (C=N–C) groups is 1. The monoisotopic (exact) mass is 528 g/mol. The summed E-state index contributed by atoms with van der Waals surface area (Å²) in [6.45, 7) is 2.20. The first kappa shape index (κ1) is 23.0. The van der Waals surface area contributed by atoms with Gasteiger partial charge in [-0.2, -0.15) is 0 Å². The summed E-state index contributed by atoms with van der Waals surface area (Å²) in [5.74, 6) is 0.244. The largest absolute Gasteiger partial charge is 0.370 e. The number of benzene rings is 2. The zero-order chi connectivity index (χ0) is 18.6. The van der Waals surface area contributed by atoms with Gasteiger partial charge in [0.25, 0.3) is 0 Å². The first-order chi connectivity index (χ1) is 11.7. The highest BCUT2D eigenvalue weighted by molar-refractivity contribution is 14.0. The van der Waals surface area contributed by atoms with Crippen molar-refractivity contribution in [2.75, 3.05) is 0 Å². The van der Waals surface area contributed by atoms with Crippen LogP contribution in [0.5, 0.6) is 0 Å². The number of nitrogens with one attached hydrogen (secondary N) is 1. The minimum absolute atomic E-state index is 0. The zero-order valence-corrected chi connectivity index (χ0v) is 18.5. The Bertz CT molecular complexity index is 890. The van der Waals surface area contributed by atoms with Crippen molar-refractivity contribution in [3.63, 3.8) is 0 Å². The molecule has 10 heteroatoms. The summed E-state index contributed by atoms with van der Waals surface area (Å²) < 4.78 is 22.4. The summed E-state index contributed by atoms with van der Waals surface area (Å²) in [6.07, 6.45) is 0. The summed E-state index contributed by atoms with van der Waals surface area (Å²) in [5, 5.41) is 9.20. The van der Waals surface area contributed by atoms with Gasteiger partial charge in [-0.15, -0.1) is 24.0 Å². The molecule has 0 aliphatic heterocycles. The number of guanidine groups is 1. The topological polar surface area (TPSA) is 111 Å². The molecule has 142 valence electrons. The van der Waals surface area contributed by atoms with Crippen LogP contribution in [0, 0.1) is 0 Å². The molecule has 0 spiro atoms. The van der Waals surface area contributed by atoms with E-state index in [2.05, 4.69) is 10.3 Å². The minimum Gasteiger partial charge on any atom is -0.370 e. The van der Waals surface area contributed by atoms with Gasteiger partial charge in [0.05, 0.1) is 17.5 Å². The van der Waals surface area contributed by atoms with Gasteiger partial charge in [0, 0.05) is 10.0 Å². The molecule has 0 fully saturated rings. The predicted molar refractivity (Wildman–Crippen MR) is 117 cm³/mol. The van der Waals surface area contributed by atoms with Crippen LogP contribution in [0.1, 0.15) is 24.1 Å². The quantitative estimate of drug-likeness (QED) is 0.313. The Kier molecular flexibility index (Phi) is 8.61. The second-order valence-corrected chi connectivity index (χ2v) is 7.83. The maximum absolute atomic E-state index is 11.2. The van der Waals surface area contributed by atoms with Crippen molar-refractivity contribution in [2.45, 2.75) is 24.4 Å². The number of nitrogens with zero attached hydrogens (tertiary/aromatic N) is 1. The number of nitrogens with two attached hydrogens (primary N) is 2. The Balaban J connectivity index is 0.00000338. The lowest BCUT2D eigenvalue weighted by molar-refractivity contribution is 0.598. The SMILES string of the molecule is CC(NC(N)=NCc1ccc(S(N)(=O)=O)cc1)c1ccc(Cl)cc1Cl.I. The molecule has 0 bridgehead atoms. The molecule has 0 saturated carbocycles. The summed E-state index contributed by atoms with van der Waals surface area (Å²) in [4.78, 5) is 4.29. The molecule has 0 amide bonds. The molecule has 2 rings (SSSR count). The van der Waals surface area contributed by atoms with Gasteiger partial charge in [-0.05, 0) is 42.3 Å². The number of rotatable bonds is 5. The average molecular weight is 529 g/mol. The van der Waals surface area contributed by atoms with Gasteiger partial charge in [0.1, 0.15) is 0 Å². The van der Waals surface area contributed by atoms with E-state index in [1.807, 2.05) is 13.0 Å². The Hall–Kier alpha value is -1.07. The van der Waals surface area contributed by atoms with Gasteiger partial charge >= 0.3 is 0 Å². The van der Waals surface area contributed by atoms with E-state index >= 15 is 0 Å². The highest BCUT2D eigenvalue weighted by Gasteiger charge is 2.11. The van der Waals surface area contributed by atoms with Crippen LogP contribution in [0.15, 0.2) is 52.4 Å². The molecule has 0 aliphatic carbocycles. The first-order valence-electron chi connectivity index (χ1n) is 7.30. The van der Waals surface area contributed by atoms with E-state index in [9.17, 15) is 8.42 Å². The van der Waals surface area contributed by atoms with Gasteiger partial charge < -0.3 is 11.1 Å². The molecular formula is C16H19Cl2IN4O2S. The van der Waals surface area contributed by atoms with Crippen molar-refractivity contribution in [2.24, 2.45) is 15.9 Å². The van der Waals surface area contributed by atoms with E-state index in [0.717, 1.165) is 11.1 Å². The summed E-state index contributed by atoms with van der Waals surface area (Å²) >= 11 is 12.1. The lowest BCUT2D eigenvalue weighted by Crippen LogP contribution is -2.34. The fourth-order valence-corrected chi connectivity index (χ4v) is 3.25. The summed E-state index contributed by atoms with van der Waals surface area (Å²) in [5.41, 5.74) is 7.54. The molecule has 1 atom stereocenters. The molecule has 5 N–H and O–H groups in total. The molecule has 0 aliphatic rings. The van der Waals surface area contributed by atoms with Gasteiger partial charge in [-0.1, -0.05) is 41.4 Å². The van der Waals surface area contributed by atoms with Gasteiger partial charge in [0.15, 0.2) is 5.96 Å². The molecule has 2 aromatic rings. The maximum Gasteiger partial charge on any atom is 0.238 e. The van der Waals surface area contributed by atoms with E-state index in [1.165, 1.54) is 12.1 Å². The smallest absolute Gasteiger partial charge is 0.238 e. The average Bonchev–Trinajstić information content (AvgIpc) is 2.52. The summed E-state index contributed by atoms with van der Waals surface area (Å²) in [7, 11) is -3.70. The normalized spacial score (nSPS) is 13.0. The van der Waals surface area contributed by atoms with E-state index in [-0.39, 0.29) is 40.9 Å². The van der Waals surface area contributed by atoms with E-state index in [1.54, 1.807) is 24.3 Å². The molecule has 2 aromatic carbocycles. The van der Waals surface area contributed by atoms with Crippen molar-refractivity contribution in [3.05, 3.63) is 63.6 Å². The van der Waals surface area contributed by atoms with Crippen LogP contribution in [-0.2, 0) is 16.6 Å². The Labute approximate surface area is 180 Å².